The molecule has 0 bridgehead atoms. The lowest BCUT2D eigenvalue weighted by Gasteiger charge is -2.50. The minimum Gasteiger partial charge on any atom is -0.352 e. The summed E-state index contributed by atoms with van der Waals surface area (Å²) in [5.41, 5.74) is 1.53. The van der Waals surface area contributed by atoms with Crippen LogP contribution in [0.2, 0.25) is 0 Å². The van der Waals surface area contributed by atoms with Gasteiger partial charge in [-0.2, -0.15) is 0 Å². The van der Waals surface area contributed by atoms with E-state index in [1.807, 2.05) is 31.2 Å². The molecule has 0 radical (unpaired) electrons. The first kappa shape index (κ1) is 18.9. The van der Waals surface area contributed by atoms with Gasteiger partial charge in [-0.15, -0.1) is 0 Å². The zero-order valence-corrected chi connectivity index (χ0v) is 16.0. The summed E-state index contributed by atoms with van der Waals surface area (Å²) in [4.78, 5) is 28.5. The van der Waals surface area contributed by atoms with E-state index in [1.165, 1.54) is 6.92 Å². The van der Waals surface area contributed by atoms with Crippen LogP contribution in [0.15, 0.2) is 24.3 Å². The second-order valence-corrected chi connectivity index (χ2v) is 7.87. The number of nitrogens with one attached hydrogen (secondary N) is 2. The minimum atomic E-state index is -0.417. The topological polar surface area (TPSA) is 64.7 Å². The molecule has 2 fully saturated rings. The average Bonchev–Trinajstić information content (AvgIpc) is 2.60. The Kier molecular flexibility index (Phi) is 5.63. The van der Waals surface area contributed by atoms with Gasteiger partial charge in [0.1, 0.15) is 0 Å². The number of hydrogen-bond acceptors (Lipinski definition) is 4. The van der Waals surface area contributed by atoms with Crippen LogP contribution in [-0.2, 0) is 16.1 Å². The van der Waals surface area contributed by atoms with Crippen molar-refractivity contribution < 1.29 is 9.59 Å². The number of benzene rings is 1. The standard InChI is InChI=1S/C20H30N4O2/c1-15(25)21-17-6-4-16(5-7-17)14-24-13-10-20(24,2)19(26)22-18-8-11-23(3)12-9-18/h4-7,18H,8-14H2,1-3H3,(H,21,25)(H,22,26). The van der Waals surface area contributed by atoms with Gasteiger partial charge in [0.2, 0.25) is 11.8 Å². The number of amides is 2. The van der Waals surface area contributed by atoms with Gasteiger partial charge in [0, 0.05) is 31.7 Å². The van der Waals surface area contributed by atoms with Crippen LogP contribution in [0.25, 0.3) is 0 Å². The van der Waals surface area contributed by atoms with Gasteiger partial charge in [0.15, 0.2) is 0 Å². The molecule has 2 heterocycles. The highest BCUT2D eigenvalue weighted by Gasteiger charge is 2.47. The van der Waals surface area contributed by atoms with Gasteiger partial charge in [-0.1, -0.05) is 12.1 Å². The SMILES string of the molecule is CC(=O)Nc1ccc(CN2CCC2(C)C(=O)NC2CCN(C)CC2)cc1. The second kappa shape index (κ2) is 7.76. The van der Waals surface area contributed by atoms with Crippen LogP contribution in [0.3, 0.4) is 0 Å². The zero-order valence-electron chi connectivity index (χ0n) is 16.0. The highest BCUT2D eigenvalue weighted by molar-refractivity contribution is 5.88. The molecule has 2 amide bonds. The quantitative estimate of drug-likeness (QED) is 0.843. The molecule has 2 saturated heterocycles. The van der Waals surface area contributed by atoms with E-state index in [0.717, 1.165) is 56.7 Å². The summed E-state index contributed by atoms with van der Waals surface area (Å²) in [6, 6.07) is 8.14. The largest absolute Gasteiger partial charge is 0.352 e. The first-order valence-corrected chi connectivity index (χ1v) is 9.48. The Labute approximate surface area is 155 Å². The summed E-state index contributed by atoms with van der Waals surface area (Å²) in [5.74, 6) is 0.0896. The number of piperidine rings is 1. The molecular weight excluding hydrogens is 328 g/mol. The third-order valence-electron chi connectivity index (χ3n) is 5.76. The Morgan fingerprint density at radius 3 is 2.35 bits per heavy atom. The van der Waals surface area contributed by atoms with Crippen LogP contribution >= 0.6 is 0 Å². The van der Waals surface area contributed by atoms with Crippen LogP contribution in [0.5, 0.6) is 0 Å². The van der Waals surface area contributed by atoms with Crippen molar-refractivity contribution in [2.45, 2.75) is 51.2 Å². The van der Waals surface area contributed by atoms with E-state index >= 15 is 0 Å². The maximum absolute atomic E-state index is 12.9. The van der Waals surface area contributed by atoms with Crippen molar-refractivity contribution in [2.75, 3.05) is 32.0 Å². The second-order valence-electron chi connectivity index (χ2n) is 7.87. The van der Waals surface area contributed by atoms with Gasteiger partial charge in [-0.05, 0) is 64.0 Å². The van der Waals surface area contributed by atoms with Crippen LogP contribution in [0, 0.1) is 0 Å². The van der Waals surface area contributed by atoms with Gasteiger partial charge in [0.05, 0.1) is 5.54 Å². The fourth-order valence-electron chi connectivity index (χ4n) is 3.73. The van der Waals surface area contributed by atoms with Crippen LogP contribution < -0.4 is 10.6 Å². The van der Waals surface area contributed by atoms with E-state index in [0.29, 0.717) is 6.04 Å². The predicted octanol–water partition coefficient (Wildman–Crippen LogP) is 1.82. The number of carbonyl (C=O) groups excluding carboxylic acids is 2. The summed E-state index contributed by atoms with van der Waals surface area (Å²) in [6.45, 7) is 7.33. The Bertz CT molecular complexity index is 652. The normalized spacial score (nSPS) is 24.7. The number of rotatable bonds is 5. The number of hydrogen-bond donors (Lipinski definition) is 2. The molecule has 6 heteroatoms. The van der Waals surface area contributed by atoms with Gasteiger partial charge in [-0.3, -0.25) is 14.5 Å². The molecule has 6 nitrogen and oxygen atoms in total. The molecule has 0 aliphatic carbocycles. The Balaban J connectivity index is 1.55. The van der Waals surface area contributed by atoms with Gasteiger partial charge >= 0.3 is 0 Å². The summed E-state index contributed by atoms with van der Waals surface area (Å²) < 4.78 is 0. The lowest BCUT2D eigenvalue weighted by molar-refractivity contribution is -0.143. The number of carbonyl (C=O) groups is 2. The summed E-state index contributed by atoms with van der Waals surface area (Å²) in [6.07, 6.45) is 2.96. The molecule has 26 heavy (non-hydrogen) atoms. The lowest BCUT2D eigenvalue weighted by atomic mass is 9.84. The zero-order chi connectivity index (χ0) is 18.7. The Morgan fingerprint density at radius 1 is 1.15 bits per heavy atom. The molecule has 142 valence electrons. The molecule has 2 aliphatic rings. The van der Waals surface area contributed by atoms with E-state index in [9.17, 15) is 9.59 Å². The molecule has 2 aliphatic heterocycles. The average molecular weight is 358 g/mol. The highest BCUT2D eigenvalue weighted by atomic mass is 16.2. The molecule has 3 rings (SSSR count). The fourth-order valence-corrected chi connectivity index (χ4v) is 3.73. The van der Waals surface area contributed by atoms with E-state index in [4.69, 9.17) is 0 Å². The number of anilines is 1. The van der Waals surface area contributed by atoms with Crippen molar-refractivity contribution >= 4 is 17.5 Å². The van der Waals surface area contributed by atoms with Crippen molar-refractivity contribution in [3.63, 3.8) is 0 Å². The maximum Gasteiger partial charge on any atom is 0.240 e. The van der Waals surface area contributed by atoms with E-state index in [2.05, 4.69) is 27.5 Å². The van der Waals surface area contributed by atoms with Crippen molar-refractivity contribution in [1.29, 1.82) is 0 Å². The first-order chi connectivity index (χ1) is 12.4. The third kappa shape index (κ3) is 4.24. The van der Waals surface area contributed by atoms with Crippen LogP contribution in [0.1, 0.15) is 38.7 Å². The monoisotopic (exact) mass is 358 g/mol. The van der Waals surface area contributed by atoms with Crippen molar-refractivity contribution in [3.05, 3.63) is 29.8 Å². The van der Waals surface area contributed by atoms with Gasteiger partial charge < -0.3 is 15.5 Å². The summed E-state index contributed by atoms with van der Waals surface area (Å²) in [7, 11) is 2.13. The maximum atomic E-state index is 12.9. The molecule has 1 atom stereocenters. The molecule has 1 aromatic rings. The lowest BCUT2D eigenvalue weighted by Crippen LogP contribution is -2.66. The van der Waals surface area contributed by atoms with Crippen LogP contribution in [-0.4, -0.2) is 59.9 Å². The predicted molar refractivity (Wildman–Crippen MR) is 103 cm³/mol. The summed E-state index contributed by atoms with van der Waals surface area (Å²) in [5, 5.41) is 6.05. The van der Waals surface area contributed by atoms with Crippen molar-refractivity contribution in [2.24, 2.45) is 0 Å². The highest BCUT2D eigenvalue weighted by Crippen LogP contribution is 2.32. The molecule has 0 spiro atoms. The molecule has 2 N–H and O–H groups in total. The molecular formula is C20H30N4O2. The Hall–Kier alpha value is -1.92. The third-order valence-corrected chi connectivity index (χ3v) is 5.76. The van der Waals surface area contributed by atoms with Crippen molar-refractivity contribution in [3.8, 4) is 0 Å². The Morgan fingerprint density at radius 2 is 1.81 bits per heavy atom. The van der Waals surface area contributed by atoms with Crippen LogP contribution in [0.4, 0.5) is 5.69 Å². The smallest absolute Gasteiger partial charge is 0.240 e. The number of likely N-dealkylation sites (tertiary alicyclic amines) is 2. The summed E-state index contributed by atoms with van der Waals surface area (Å²) >= 11 is 0. The number of nitrogens with zero attached hydrogens (tertiary/aromatic N) is 2. The van der Waals surface area contributed by atoms with E-state index in [-0.39, 0.29) is 11.8 Å². The van der Waals surface area contributed by atoms with Gasteiger partial charge in [0.25, 0.3) is 0 Å². The van der Waals surface area contributed by atoms with E-state index < -0.39 is 5.54 Å². The minimum absolute atomic E-state index is 0.0707. The molecule has 0 aromatic heterocycles. The first-order valence-electron chi connectivity index (χ1n) is 9.48. The van der Waals surface area contributed by atoms with E-state index in [1.54, 1.807) is 0 Å². The van der Waals surface area contributed by atoms with Crippen molar-refractivity contribution in [1.82, 2.24) is 15.1 Å². The van der Waals surface area contributed by atoms with Gasteiger partial charge in [-0.25, -0.2) is 0 Å². The molecule has 1 unspecified atom stereocenters. The molecule has 1 aromatic carbocycles. The molecule has 0 saturated carbocycles. The fraction of sp³-hybridized carbons (Fsp3) is 0.600.